The summed E-state index contributed by atoms with van der Waals surface area (Å²) in [7, 11) is 0. The molecule has 0 bridgehead atoms. The minimum atomic E-state index is -0.139. The maximum atomic E-state index is 12.7. The first kappa shape index (κ1) is 18.9. The Bertz CT molecular complexity index is 1070. The molecular formula is C21H21N3O2S. The van der Waals surface area contributed by atoms with Crippen LogP contribution in [0, 0.1) is 13.8 Å². The smallest absolute Gasteiger partial charge is 0.262 e. The van der Waals surface area contributed by atoms with Gasteiger partial charge in [0, 0.05) is 12.2 Å². The summed E-state index contributed by atoms with van der Waals surface area (Å²) in [6.07, 6.45) is 1.65. The van der Waals surface area contributed by atoms with Gasteiger partial charge in [-0.15, -0.1) is 6.58 Å². The molecule has 138 valence electrons. The Morgan fingerprint density at radius 3 is 2.78 bits per heavy atom. The molecule has 0 aliphatic rings. The summed E-state index contributed by atoms with van der Waals surface area (Å²) < 4.78 is 1.55. The third-order valence-corrected chi connectivity index (χ3v) is 5.10. The number of aromatic nitrogens is 2. The zero-order chi connectivity index (χ0) is 19.4. The van der Waals surface area contributed by atoms with Crippen LogP contribution < -0.4 is 10.9 Å². The van der Waals surface area contributed by atoms with Crippen molar-refractivity contribution < 1.29 is 4.79 Å². The van der Waals surface area contributed by atoms with E-state index in [-0.39, 0.29) is 17.2 Å². The van der Waals surface area contributed by atoms with E-state index < -0.39 is 0 Å². The van der Waals surface area contributed by atoms with Crippen LogP contribution in [0.15, 0.2) is 65.1 Å². The van der Waals surface area contributed by atoms with E-state index in [1.165, 1.54) is 11.8 Å². The number of rotatable bonds is 6. The predicted molar refractivity (Wildman–Crippen MR) is 111 cm³/mol. The summed E-state index contributed by atoms with van der Waals surface area (Å²) in [5.74, 6) is 0.0226. The van der Waals surface area contributed by atoms with E-state index in [1.54, 1.807) is 22.8 Å². The topological polar surface area (TPSA) is 64.0 Å². The van der Waals surface area contributed by atoms with E-state index in [4.69, 9.17) is 0 Å². The first-order chi connectivity index (χ1) is 13.0. The summed E-state index contributed by atoms with van der Waals surface area (Å²) in [5, 5.41) is 3.98. The van der Waals surface area contributed by atoms with Crippen LogP contribution in [0.25, 0.3) is 10.9 Å². The molecule has 2 aromatic carbocycles. The molecule has 27 heavy (non-hydrogen) atoms. The number of hydrogen-bond acceptors (Lipinski definition) is 4. The maximum absolute atomic E-state index is 12.7. The minimum Gasteiger partial charge on any atom is -0.325 e. The molecule has 1 amide bonds. The number of nitrogens with zero attached hydrogens (tertiary/aromatic N) is 2. The lowest BCUT2D eigenvalue weighted by Gasteiger charge is -2.12. The fourth-order valence-corrected chi connectivity index (χ4v) is 3.63. The van der Waals surface area contributed by atoms with Gasteiger partial charge in [-0.1, -0.05) is 47.7 Å². The van der Waals surface area contributed by atoms with Gasteiger partial charge in [0.1, 0.15) is 0 Å². The molecular weight excluding hydrogens is 358 g/mol. The number of hydrogen-bond donors (Lipinski definition) is 1. The van der Waals surface area contributed by atoms with Crippen molar-refractivity contribution >= 4 is 34.3 Å². The van der Waals surface area contributed by atoms with E-state index in [0.717, 1.165) is 16.8 Å². The molecule has 3 aromatic rings. The van der Waals surface area contributed by atoms with Crippen molar-refractivity contribution in [1.29, 1.82) is 0 Å². The van der Waals surface area contributed by atoms with Gasteiger partial charge >= 0.3 is 0 Å². The number of amides is 1. The second kappa shape index (κ2) is 8.22. The highest BCUT2D eigenvalue weighted by Crippen LogP contribution is 2.20. The van der Waals surface area contributed by atoms with Crippen molar-refractivity contribution in [3.8, 4) is 0 Å². The molecule has 0 unspecified atom stereocenters. The first-order valence-corrected chi connectivity index (χ1v) is 9.58. The highest BCUT2D eigenvalue weighted by atomic mass is 32.2. The molecule has 1 N–H and O–H groups in total. The van der Waals surface area contributed by atoms with Gasteiger partial charge in [0.25, 0.3) is 5.56 Å². The molecule has 0 saturated carbocycles. The SMILES string of the molecule is C=CCn1c(SCC(=O)Nc2ccc(C)cc2C)nc2ccccc2c1=O. The molecule has 1 aromatic heterocycles. The largest absolute Gasteiger partial charge is 0.325 e. The van der Waals surface area contributed by atoms with Gasteiger partial charge in [-0.2, -0.15) is 0 Å². The van der Waals surface area contributed by atoms with Crippen molar-refractivity contribution in [3.63, 3.8) is 0 Å². The fourth-order valence-electron chi connectivity index (χ4n) is 2.82. The number of thioether (sulfide) groups is 1. The third kappa shape index (κ3) is 4.28. The predicted octanol–water partition coefficient (Wildman–Crippen LogP) is 3.93. The monoisotopic (exact) mass is 379 g/mol. The Morgan fingerprint density at radius 2 is 2.04 bits per heavy atom. The number of para-hydroxylation sites is 1. The van der Waals surface area contributed by atoms with Gasteiger partial charge in [-0.05, 0) is 37.6 Å². The van der Waals surface area contributed by atoms with Crippen molar-refractivity contribution in [2.75, 3.05) is 11.1 Å². The van der Waals surface area contributed by atoms with E-state index in [0.29, 0.717) is 22.6 Å². The molecule has 5 nitrogen and oxygen atoms in total. The number of nitrogens with one attached hydrogen (secondary N) is 1. The summed E-state index contributed by atoms with van der Waals surface area (Å²) >= 11 is 1.24. The standard InChI is InChI=1S/C21H21N3O2S/c1-4-11-24-20(26)16-7-5-6-8-18(16)23-21(24)27-13-19(25)22-17-10-9-14(2)12-15(17)3/h4-10,12H,1,11,13H2,2-3H3,(H,22,25). The van der Waals surface area contributed by atoms with E-state index in [1.807, 2.05) is 44.2 Å². The molecule has 0 aliphatic carbocycles. The number of anilines is 1. The molecule has 0 atom stereocenters. The molecule has 3 rings (SSSR count). The Hall–Kier alpha value is -2.86. The van der Waals surface area contributed by atoms with E-state index >= 15 is 0 Å². The lowest BCUT2D eigenvalue weighted by atomic mass is 10.1. The molecule has 0 saturated heterocycles. The van der Waals surface area contributed by atoms with Gasteiger partial charge in [-0.3, -0.25) is 14.2 Å². The summed E-state index contributed by atoms with van der Waals surface area (Å²) in [4.78, 5) is 29.6. The average molecular weight is 379 g/mol. The number of carbonyl (C=O) groups excluding carboxylic acids is 1. The van der Waals surface area contributed by atoms with Crippen LogP contribution in [0.5, 0.6) is 0 Å². The number of benzene rings is 2. The number of carbonyl (C=O) groups is 1. The zero-order valence-electron chi connectivity index (χ0n) is 15.4. The zero-order valence-corrected chi connectivity index (χ0v) is 16.2. The van der Waals surface area contributed by atoms with Crippen LogP contribution in [-0.2, 0) is 11.3 Å². The van der Waals surface area contributed by atoms with Gasteiger partial charge in [0.05, 0.1) is 16.7 Å². The van der Waals surface area contributed by atoms with Crippen LogP contribution in [0.1, 0.15) is 11.1 Å². The van der Waals surface area contributed by atoms with Gasteiger partial charge in [0.15, 0.2) is 5.16 Å². The summed E-state index contributed by atoms with van der Waals surface area (Å²) in [6.45, 7) is 8.03. The van der Waals surface area contributed by atoms with Crippen molar-refractivity contribution in [2.24, 2.45) is 0 Å². The molecule has 1 heterocycles. The van der Waals surface area contributed by atoms with Gasteiger partial charge < -0.3 is 5.32 Å². The second-order valence-electron chi connectivity index (χ2n) is 6.27. The lowest BCUT2D eigenvalue weighted by Crippen LogP contribution is -2.23. The fraction of sp³-hybridized carbons (Fsp3) is 0.190. The van der Waals surface area contributed by atoms with Gasteiger partial charge in [-0.25, -0.2) is 4.98 Å². The van der Waals surface area contributed by atoms with Crippen molar-refractivity contribution in [3.05, 3.63) is 76.6 Å². The Kier molecular flexibility index (Phi) is 5.76. The lowest BCUT2D eigenvalue weighted by molar-refractivity contribution is -0.113. The van der Waals surface area contributed by atoms with Crippen LogP contribution in [0.3, 0.4) is 0 Å². The molecule has 0 spiro atoms. The van der Waals surface area contributed by atoms with Crippen LogP contribution >= 0.6 is 11.8 Å². The average Bonchev–Trinajstić information content (AvgIpc) is 2.65. The molecule has 0 radical (unpaired) electrons. The number of fused-ring (bicyclic) bond motifs is 1. The van der Waals surface area contributed by atoms with Crippen LogP contribution in [0.2, 0.25) is 0 Å². The number of aryl methyl sites for hydroxylation is 2. The van der Waals surface area contributed by atoms with Crippen molar-refractivity contribution in [2.45, 2.75) is 25.5 Å². The Morgan fingerprint density at radius 1 is 1.26 bits per heavy atom. The Labute approximate surface area is 162 Å². The maximum Gasteiger partial charge on any atom is 0.262 e. The summed E-state index contributed by atoms with van der Waals surface area (Å²) in [6, 6.07) is 13.1. The quantitative estimate of drug-likeness (QED) is 0.400. The molecule has 0 fully saturated rings. The summed E-state index contributed by atoms with van der Waals surface area (Å²) in [5.41, 5.74) is 3.45. The first-order valence-electron chi connectivity index (χ1n) is 8.60. The Balaban J connectivity index is 1.81. The van der Waals surface area contributed by atoms with E-state index in [2.05, 4.69) is 16.9 Å². The molecule has 6 heteroatoms. The van der Waals surface area contributed by atoms with E-state index in [9.17, 15) is 9.59 Å². The second-order valence-corrected chi connectivity index (χ2v) is 7.21. The third-order valence-electron chi connectivity index (χ3n) is 4.13. The van der Waals surface area contributed by atoms with Crippen LogP contribution in [-0.4, -0.2) is 21.2 Å². The molecule has 0 aliphatic heterocycles. The van der Waals surface area contributed by atoms with Crippen molar-refractivity contribution in [1.82, 2.24) is 9.55 Å². The highest BCUT2D eigenvalue weighted by molar-refractivity contribution is 7.99. The van der Waals surface area contributed by atoms with Crippen LogP contribution in [0.4, 0.5) is 5.69 Å². The number of allylic oxidation sites excluding steroid dienone is 1. The highest BCUT2D eigenvalue weighted by Gasteiger charge is 2.13. The van der Waals surface area contributed by atoms with Gasteiger partial charge in [0.2, 0.25) is 5.91 Å². The normalized spacial score (nSPS) is 10.7. The minimum absolute atomic E-state index is 0.127.